The molecule has 0 bridgehead atoms. The summed E-state index contributed by atoms with van der Waals surface area (Å²) in [7, 11) is 2.50. The van der Waals surface area contributed by atoms with Gasteiger partial charge in [0.15, 0.2) is 0 Å². The first-order valence-corrected chi connectivity index (χ1v) is 9.72. The lowest BCUT2D eigenvalue weighted by Crippen LogP contribution is -2.39. The zero-order valence-corrected chi connectivity index (χ0v) is 16.8. The fourth-order valence-corrected chi connectivity index (χ4v) is 4.30. The summed E-state index contributed by atoms with van der Waals surface area (Å²) in [5, 5.41) is 4.85. The van der Waals surface area contributed by atoms with Crippen molar-refractivity contribution in [3.63, 3.8) is 0 Å². The van der Waals surface area contributed by atoms with Crippen LogP contribution in [0.25, 0.3) is 0 Å². The average molecular weight is 402 g/mol. The minimum atomic E-state index is -0.601. The Labute approximate surface area is 167 Å². The molecule has 148 valence electrons. The molecule has 28 heavy (non-hydrogen) atoms. The number of hydrogen-bond donors (Lipinski definition) is 1. The third-order valence-corrected chi connectivity index (χ3v) is 5.81. The fourth-order valence-electron chi connectivity index (χ4n) is 3.33. The summed E-state index contributed by atoms with van der Waals surface area (Å²) in [4.78, 5) is 39.8. The van der Waals surface area contributed by atoms with Gasteiger partial charge in [-0.1, -0.05) is 0 Å². The third-order valence-electron chi connectivity index (χ3n) is 4.81. The molecule has 1 aromatic heterocycles. The standard InChI is InChI=1S/C20H22N2O5S/c1-12-16-5-7-28-17(16)4-6-22(12)11-18(23)21-15-9-13(19(24)26-2)8-14(10-15)20(25)27-3/h5,7-10,12H,4,6,11H2,1-3H3,(H,21,23)/t12-/m0/s1. The summed E-state index contributed by atoms with van der Waals surface area (Å²) in [6.45, 7) is 3.11. The number of rotatable bonds is 5. The Bertz CT molecular complexity index is 874. The van der Waals surface area contributed by atoms with Crippen LogP contribution >= 0.6 is 11.3 Å². The van der Waals surface area contributed by atoms with E-state index >= 15 is 0 Å². The number of benzene rings is 1. The van der Waals surface area contributed by atoms with Crippen molar-refractivity contribution in [1.29, 1.82) is 0 Å². The minimum absolute atomic E-state index is 0.160. The zero-order chi connectivity index (χ0) is 20.3. The van der Waals surface area contributed by atoms with E-state index in [4.69, 9.17) is 9.47 Å². The van der Waals surface area contributed by atoms with Crippen LogP contribution in [0.15, 0.2) is 29.6 Å². The van der Waals surface area contributed by atoms with Crippen molar-refractivity contribution in [3.8, 4) is 0 Å². The Morgan fingerprint density at radius 2 is 1.79 bits per heavy atom. The van der Waals surface area contributed by atoms with Gasteiger partial charge in [-0.05, 0) is 48.6 Å². The van der Waals surface area contributed by atoms with Crippen molar-refractivity contribution in [2.75, 3.05) is 32.6 Å². The van der Waals surface area contributed by atoms with Crippen LogP contribution in [0, 0.1) is 0 Å². The Morgan fingerprint density at radius 3 is 2.39 bits per heavy atom. The minimum Gasteiger partial charge on any atom is -0.465 e. The van der Waals surface area contributed by atoms with Crippen LogP contribution in [-0.2, 0) is 20.7 Å². The van der Waals surface area contributed by atoms with Gasteiger partial charge in [-0.3, -0.25) is 9.69 Å². The predicted molar refractivity (Wildman–Crippen MR) is 106 cm³/mol. The number of carbonyl (C=O) groups excluding carboxylic acids is 3. The van der Waals surface area contributed by atoms with E-state index in [0.29, 0.717) is 5.69 Å². The molecule has 0 saturated heterocycles. The van der Waals surface area contributed by atoms with E-state index in [-0.39, 0.29) is 29.6 Å². The third kappa shape index (κ3) is 4.23. The summed E-state index contributed by atoms with van der Waals surface area (Å²) in [6, 6.07) is 6.60. The number of hydrogen-bond acceptors (Lipinski definition) is 7. The molecule has 0 saturated carbocycles. The number of methoxy groups -OCH3 is 2. The second-order valence-corrected chi connectivity index (χ2v) is 7.53. The van der Waals surface area contributed by atoms with Crippen molar-refractivity contribution in [2.45, 2.75) is 19.4 Å². The molecule has 8 heteroatoms. The summed E-state index contributed by atoms with van der Waals surface area (Å²) in [5.41, 5.74) is 1.93. The molecular weight excluding hydrogens is 380 g/mol. The molecule has 0 radical (unpaired) electrons. The van der Waals surface area contributed by atoms with E-state index in [1.165, 1.54) is 42.9 Å². The highest BCUT2D eigenvalue weighted by atomic mass is 32.1. The first-order valence-electron chi connectivity index (χ1n) is 8.84. The van der Waals surface area contributed by atoms with Gasteiger partial charge in [-0.25, -0.2) is 9.59 Å². The maximum Gasteiger partial charge on any atom is 0.337 e. The first kappa shape index (κ1) is 20.0. The van der Waals surface area contributed by atoms with Crippen LogP contribution in [0.4, 0.5) is 5.69 Å². The van der Waals surface area contributed by atoms with Crippen molar-refractivity contribution >= 4 is 34.9 Å². The molecule has 1 aromatic carbocycles. The van der Waals surface area contributed by atoms with E-state index in [1.807, 2.05) is 0 Å². The molecule has 2 aromatic rings. The van der Waals surface area contributed by atoms with Crippen LogP contribution in [0.3, 0.4) is 0 Å². The van der Waals surface area contributed by atoms with Gasteiger partial charge in [0.25, 0.3) is 0 Å². The molecule has 0 aliphatic carbocycles. The van der Waals surface area contributed by atoms with Gasteiger partial charge >= 0.3 is 11.9 Å². The molecule has 0 spiro atoms. The molecular formula is C20H22N2O5S. The topological polar surface area (TPSA) is 84.9 Å². The second kappa shape index (κ2) is 8.53. The number of carbonyl (C=O) groups is 3. The molecule has 0 fully saturated rings. The number of fused-ring (bicyclic) bond motifs is 1. The molecule has 1 aliphatic rings. The highest BCUT2D eigenvalue weighted by molar-refractivity contribution is 7.10. The summed E-state index contributed by atoms with van der Waals surface area (Å²) >= 11 is 1.75. The number of nitrogens with one attached hydrogen (secondary N) is 1. The molecule has 1 atom stereocenters. The Kier molecular flexibility index (Phi) is 6.11. The lowest BCUT2D eigenvalue weighted by Gasteiger charge is -2.32. The van der Waals surface area contributed by atoms with Crippen LogP contribution in [0.1, 0.15) is 44.1 Å². The van der Waals surface area contributed by atoms with E-state index < -0.39 is 11.9 Å². The van der Waals surface area contributed by atoms with Gasteiger partial charge in [0.1, 0.15) is 0 Å². The smallest absolute Gasteiger partial charge is 0.337 e. The molecule has 1 amide bonds. The summed E-state index contributed by atoms with van der Waals surface area (Å²) < 4.78 is 9.43. The number of ether oxygens (including phenoxy) is 2. The summed E-state index contributed by atoms with van der Waals surface area (Å²) in [5.74, 6) is -1.42. The number of anilines is 1. The average Bonchev–Trinajstić information content (AvgIpc) is 3.18. The Morgan fingerprint density at radius 1 is 1.14 bits per heavy atom. The highest BCUT2D eigenvalue weighted by Gasteiger charge is 2.26. The van der Waals surface area contributed by atoms with Gasteiger partial charge < -0.3 is 14.8 Å². The maximum atomic E-state index is 12.6. The second-order valence-electron chi connectivity index (χ2n) is 6.53. The van der Waals surface area contributed by atoms with E-state index in [1.54, 1.807) is 11.3 Å². The van der Waals surface area contributed by atoms with Gasteiger partial charge in [-0.15, -0.1) is 11.3 Å². The molecule has 7 nitrogen and oxygen atoms in total. The van der Waals surface area contributed by atoms with Crippen LogP contribution in [0.2, 0.25) is 0 Å². The molecule has 0 unspecified atom stereocenters. The van der Waals surface area contributed by atoms with Crippen molar-refractivity contribution in [1.82, 2.24) is 4.90 Å². The lowest BCUT2D eigenvalue weighted by atomic mass is 10.0. The first-order chi connectivity index (χ1) is 13.4. The number of nitrogens with zero attached hydrogens (tertiary/aromatic N) is 1. The maximum absolute atomic E-state index is 12.6. The molecule has 1 aliphatic heterocycles. The van der Waals surface area contributed by atoms with Crippen LogP contribution in [0.5, 0.6) is 0 Å². The van der Waals surface area contributed by atoms with E-state index in [9.17, 15) is 14.4 Å². The summed E-state index contributed by atoms with van der Waals surface area (Å²) in [6.07, 6.45) is 0.926. The van der Waals surface area contributed by atoms with Crippen LogP contribution in [-0.4, -0.2) is 50.1 Å². The Balaban J connectivity index is 1.74. The molecule has 1 N–H and O–H groups in total. The highest BCUT2D eigenvalue weighted by Crippen LogP contribution is 2.32. The van der Waals surface area contributed by atoms with Gasteiger partial charge in [0.05, 0.1) is 31.9 Å². The van der Waals surface area contributed by atoms with Gasteiger partial charge in [0.2, 0.25) is 5.91 Å². The quantitative estimate of drug-likeness (QED) is 0.774. The van der Waals surface area contributed by atoms with Crippen molar-refractivity contribution in [3.05, 3.63) is 51.2 Å². The van der Waals surface area contributed by atoms with Crippen molar-refractivity contribution < 1.29 is 23.9 Å². The normalized spacial score (nSPS) is 16.2. The van der Waals surface area contributed by atoms with Crippen molar-refractivity contribution in [2.24, 2.45) is 0 Å². The molecule has 3 rings (SSSR count). The lowest BCUT2D eigenvalue weighted by molar-refractivity contribution is -0.117. The Hall–Kier alpha value is -2.71. The SMILES string of the molecule is COC(=O)c1cc(NC(=O)CN2CCc3sccc3[C@@H]2C)cc(C(=O)OC)c1. The van der Waals surface area contributed by atoms with Gasteiger partial charge in [0, 0.05) is 23.2 Å². The van der Waals surface area contributed by atoms with Gasteiger partial charge in [-0.2, -0.15) is 0 Å². The monoisotopic (exact) mass is 402 g/mol. The molecule has 2 heterocycles. The predicted octanol–water partition coefficient (Wildman–Crippen LogP) is 2.88. The largest absolute Gasteiger partial charge is 0.465 e. The zero-order valence-electron chi connectivity index (χ0n) is 16.0. The van der Waals surface area contributed by atoms with Crippen LogP contribution < -0.4 is 5.32 Å². The van der Waals surface area contributed by atoms with E-state index in [0.717, 1.165) is 13.0 Å². The van der Waals surface area contributed by atoms with E-state index in [2.05, 4.69) is 28.6 Å². The number of amides is 1. The number of thiophene rings is 1. The number of esters is 2. The fraction of sp³-hybridized carbons (Fsp3) is 0.350.